The Morgan fingerprint density at radius 1 is 1.02 bits per heavy atom. The minimum absolute atomic E-state index is 0.203. The zero-order valence-corrected chi connectivity index (χ0v) is 25.3. The van der Waals surface area contributed by atoms with E-state index in [0.29, 0.717) is 22.9 Å². The lowest BCUT2D eigenvalue weighted by Gasteiger charge is -2.28. The van der Waals surface area contributed by atoms with Crippen LogP contribution in [0, 0.1) is 0 Å². The predicted molar refractivity (Wildman–Crippen MR) is 168 cm³/mol. The Kier molecular flexibility index (Phi) is 8.52. The second-order valence-corrected chi connectivity index (χ2v) is 12.3. The molecule has 1 saturated heterocycles. The first-order valence-electron chi connectivity index (χ1n) is 15.1. The number of carbonyl (C=O) groups is 2. The number of aromatic nitrogens is 2. The largest absolute Gasteiger partial charge is 0.489 e. The van der Waals surface area contributed by atoms with Crippen LogP contribution in [0.1, 0.15) is 67.6 Å². The summed E-state index contributed by atoms with van der Waals surface area (Å²) in [5.74, 6) is -0.813. The standard InChI is InChI=1S/C34H37ClN4O4/c1-21(2)39-30-18-24(9-10-26(30)19-36-39)22-5-7-23(8-6-22)33(41)34(42)37-29(20-38-15-3-4-16-38)32(40)25-11-14-31(28(35)17-25)43-27-12-13-27/h5-11,14,17-19,21,27,29,32,40H,3-4,12-13,15-16,20H2,1-2H3,(H,37,42). The molecule has 0 spiro atoms. The number of hydrogen-bond acceptors (Lipinski definition) is 6. The predicted octanol–water partition coefficient (Wildman–Crippen LogP) is 5.98. The maximum Gasteiger partial charge on any atom is 0.292 e. The average Bonchev–Trinajstić information content (AvgIpc) is 3.48. The zero-order valence-electron chi connectivity index (χ0n) is 24.5. The van der Waals surface area contributed by atoms with Crippen LogP contribution in [-0.2, 0) is 4.79 Å². The van der Waals surface area contributed by atoms with Crippen molar-refractivity contribution in [3.63, 3.8) is 0 Å². The number of ether oxygens (including phenoxy) is 1. The molecule has 224 valence electrons. The molecule has 0 bridgehead atoms. The first-order valence-corrected chi connectivity index (χ1v) is 15.4. The van der Waals surface area contributed by atoms with Gasteiger partial charge in [0.2, 0.25) is 5.78 Å². The quantitative estimate of drug-likeness (QED) is 0.162. The van der Waals surface area contributed by atoms with Gasteiger partial charge in [-0.15, -0.1) is 0 Å². The lowest BCUT2D eigenvalue weighted by molar-refractivity contribution is -0.118. The third-order valence-corrected chi connectivity index (χ3v) is 8.54. The highest BCUT2D eigenvalue weighted by atomic mass is 35.5. The van der Waals surface area contributed by atoms with Crippen LogP contribution >= 0.6 is 11.6 Å². The van der Waals surface area contributed by atoms with Crippen molar-refractivity contribution in [2.75, 3.05) is 19.6 Å². The molecule has 2 unspecified atom stereocenters. The number of aliphatic hydroxyl groups excluding tert-OH is 1. The van der Waals surface area contributed by atoms with E-state index in [1.165, 1.54) is 0 Å². The molecule has 4 aromatic rings. The fraction of sp³-hybridized carbons (Fsp3) is 0.382. The summed E-state index contributed by atoms with van der Waals surface area (Å²) in [4.78, 5) is 28.7. The van der Waals surface area contributed by atoms with Gasteiger partial charge in [-0.3, -0.25) is 14.3 Å². The van der Waals surface area contributed by atoms with Crippen LogP contribution in [0.5, 0.6) is 5.75 Å². The SMILES string of the molecule is CC(C)n1ncc2ccc(-c3ccc(C(=O)C(=O)NC(CN4CCCC4)C(O)c4ccc(OC5CC5)c(Cl)c4)cc3)cc21. The second-order valence-electron chi connectivity index (χ2n) is 11.9. The monoisotopic (exact) mass is 600 g/mol. The smallest absolute Gasteiger partial charge is 0.292 e. The van der Waals surface area contributed by atoms with Crippen LogP contribution in [-0.4, -0.2) is 63.3 Å². The van der Waals surface area contributed by atoms with Crippen molar-refractivity contribution in [3.05, 3.63) is 83.0 Å². The number of amides is 1. The van der Waals surface area contributed by atoms with Gasteiger partial charge < -0.3 is 20.1 Å². The van der Waals surface area contributed by atoms with Crippen LogP contribution in [0.25, 0.3) is 22.0 Å². The molecule has 8 nitrogen and oxygen atoms in total. The Bertz CT molecular complexity index is 1620. The number of halogens is 1. The number of nitrogens with one attached hydrogen (secondary N) is 1. The van der Waals surface area contributed by atoms with Gasteiger partial charge in [-0.25, -0.2) is 0 Å². The minimum atomic E-state index is -1.05. The number of Topliss-reactive ketones (excluding diaryl/α,β-unsaturated/α-hetero) is 1. The highest BCUT2D eigenvalue weighted by Gasteiger charge is 2.30. The molecule has 2 N–H and O–H groups in total. The molecule has 1 saturated carbocycles. The van der Waals surface area contributed by atoms with E-state index in [1.54, 1.807) is 30.3 Å². The Hall–Kier alpha value is -3.72. The fourth-order valence-corrected chi connectivity index (χ4v) is 5.90. The van der Waals surface area contributed by atoms with E-state index in [2.05, 4.69) is 35.2 Å². The molecule has 0 radical (unpaired) electrons. The van der Waals surface area contributed by atoms with Gasteiger partial charge in [0.15, 0.2) is 0 Å². The summed E-state index contributed by atoms with van der Waals surface area (Å²) >= 11 is 6.47. The van der Waals surface area contributed by atoms with Crippen molar-refractivity contribution in [3.8, 4) is 16.9 Å². The van der Waals surface area contributed by atoms with Crippen LogP contribution in [0.15, 0.2) is 66.9 Å². The number of fused-ring (bicyclic) bond motifs is 1. The number of carbonyl (C=O) groups excluding carboxylic acids is 2. The summed E-state index contributed by atoms with van der Waals surface area (Å²) in [6, 6.07) is 17.9. The van der Waals surface area contributed by atoms with Gasteiger partial charge >= 0.3 is 0 Å². The van der Waals surface area contributed by atoms with Crippen molar-refractivity contribution in [1.82, 2.24) is 20.0 Å². The number of hydrogen-bond donors (Lipinski definition) is 2. The number of nitrogens with zero attached hydrogens (tertiary/aromatic N) is 3. The van der Waals surface area contributed by atoms with Crippen molar-refractivity contribution in [1.29, 1.82) is 0 Å². The van der Waals surface area contributed by atoms with Gasteiger partial charge in [0, 0.05) is 23.5 Å². The molecule has 3 aromatic carbocycles. The first-order chi connectivity index (χ1) is 20.8. The molecule has 1 aliphatic heterocycles. The zero-order chi connectivity index (χ0) is 30.1. The summed E-state index contributed by atoms with van der Waals surface area (Å²) in [6.07, 6.45) is 5.17. The third kappa shape index (κ3) is 6.61. The highest BCUT2D eigenvalue weighted by molar-refractivity contribution is 6.42. The molecule has 9 heteroatoms. The Morgan fingerprint density at radius 3 is 2.42 bits per heavy atom. The van der Waals surface area contributed by atoms with Crippen molar-refractivity contribution >= 4 is 34.2 Å². The molecular weight excluding hydrogens is 564 g/mol. The van der Waals surface area contributed by atoms with Crippen LogP contribution in [0.3, 0.4) is 0 Å². The van der Waals surface area contributed by atoms with Crippen LogP contribution in [0.2, 0.25) is 5.02 Å². The Morgan fingerprint density at radius 2 is 1.74 bits per heavy atom. The molecule has 43 heavy (non-hydrogen) atoms. The third-order valence-electron chi connectivity index (χ3n) is 8.24. The van der Waals surface area contributed by atoms with Crippen LogP contribution in [0.4, 0.5) is 0 Å². The van der Waals surface area contributed by atoms with Gasteiger partial charge in [-0.2, -0.15) is 5.10 Å². The lowest BCUT2D eigenvalue weighted by atomic mass is 9.99. The molecule has 1 aromatic heterocycles. The van der Waals surface area contributed by atoms with E-state index >= 15 is 0 Å². The average molecular weight is 601 g/mol. The van der Waals surface area contributed by atoms with E-state index in [9.17, 15) is 14.7 Å². The Balaban J connectivity index is 1.17. The van der Waals surface area contributed by atoms with E-state index in [1.807, 2.05) is 35.1 Å². The number of aliphatic hydroxyl groups is 1. The summed E-state index contributed by atoms with van der Waals surface area (Å²) in [5, 5.41) is 20.2. The maximum absolute atomic E-state index is 13.2. The second kappa shape index (κ2) is 12.5. The molecule has 1 amide bonds. The summed E-state index contributed by atoms with van der Waals surface area (Å²) in [5.41, 5.74) is 3.82. The molecule has 2 aliphatic rings. The van der Waals surface area contributed by atoms with Gasteiger partial charge in [-0.1, -0.05) is 54.1 Å². The van der Waals surface area contributed by atoms with Gasteiger partial charge in [0.25, 0.3) is 5.91 Å². The number of ketones is 1. The molecule has 6 rings (SSSR count). The number of benzene rings is 3. The summed E-state index contributed by atoms with van der Waals surface area (Å²) < 4.78 is 7.81. The number of rotatable bonds is 11. The van der Waals surface area contributed by atoms with Crippen molar-refractivity contribution in [2.24, 2.45) is 0 Å². The topological polar surface area (TPSA) is 96.7 Å². The fourth-order valence-electron chi connectivity index (χ4n) is 5.67. The highest BCUT2D eigenvalue weighted by Crippen LogP contribution is 2.34. The van der Waals surface area contributed by atoms with Crippen molar-refractivity contribution in [2.45, 2.75) is 63.8 Å². The maximum atomic E-state index is 13.2. The molecule has 2 heterocycles. The lowest BCUT2D eigenvalue weighted by Crippen LogP contribution is -2.48. The molecular formula is C34H37ClN4O4. The van der Waals surface area contributed by atoms with Gasteiger partial charge in [0.1, 0.15) is 11.9 Å². The molecule has 1 aliphatic carbocycles. The van der Waals surface area contributed by atoms with E-state index < -0.39 is 23.8 Å². The Labute approximate surface area is 256 Å². The van der Waals surface area contributed by atoms with Crippen LogP contribution < -0.4 is 10.1 Å². The van der Waals surface area contributed by atoms with E-state index in [-0.39, 0.29) is 17.7 Å². The van der Waals surface area contributed by atoms with Gasteiger partial charge in [-0.05, 0) is 87.5 Å². The van der Waals surface area contributed by atoms with Gasteiger partial charge in [0.05, 0.1) is 28.9 Å². The van der Waals surface area contributed by atoms with E-state index in [4.69, 9.17) is 16.3 Å². The summed E-state index contributed by atoms with van der Waals surface area (Å²) in [6.45, 7) is 6.37. The van der Waals surface area contributed by atoms with Crippen molar-refractivity contribution < 1.29 is 19.4 Å². The molecule has 2 fully saturated rings. The normalized spacial score (nSPS) is 16.9. The van der Waals surface area contributed by atoms with E-state index in [0.717, 1.165) is 60.8 Å². The first kappa shape index (κ1) is 29.4. The molecule has 2 atom stereocenters. The summed E-state index contributed by atoms with van der Waals surface area (Å²) in [7, 11) is 0. The minimum Gasteiger partial charge on any atom is -0.489 e. The number of likely N-dealkylation sites (tertiary alicyclic amines) is 1.